The first-order valence-corrected chi connectivity index (χ1v) is 4.98. The van der Waals surface area contributed by atoms with Crippen molar-refractivity contribution in [1.29, 1.82) is 0 Å². The van der Waals surface area contributed by atoms with Crippen LogP contribution in [-0.4, -0.2) is 20.6 Å². The second-order valence-electron chi connectivity index (χ2n) is 3.74. The molecule has 0 saturated carbocycles. The number of alkyl halides is 1. The van der Waals surface area contributed by atoms with E-state index in [2.05, 4.69) is 0 Å². The third kappa shape index (κ3) is 2.47. The van der Waals surface area contributed by atoms with Crippen molar-refractivity contribution in [2.24, 2.45) is 5.73 Å². The van der Waals surface area contributed by atoms with E-state index >= 15 is 0 Å². The van der Waals surface area contributed by atoms with Gasteiger partial charge in [0.2, 0.25) is 0 Å². The van der Waals surface area contributed by atoms with Gasteiger partial charge in [-0.25, -0.2) is 13.2 Å². The molecule has 0 bridgehead atoms. The second kappa shape index (κ2) is 5.21. The van der Waals surface area contributed by atoms with Crippen LogP contribution in [0.1, 0.15) is 18.2 Å². The van der Waals surface area contributed by atoms with Gasteiger partial charge in [0.05, 0.1) is 5.69 Å². The average Bonchev–Trinajstić information content (AvgIpc) is 2.21. The van der Waals surface area contributed by atoms with Crippen LogP contribution in [0.2, 0.25) is 0 Å². The predicted molar refractivity (Wildman–Crippen MR) is 58.2 cm³/mol. The summed E-state index contributed by atoms with van der Waals surface area (Å²) in [5.74, 6) is -2.01. The Labute approximate surface area is 92.9 Å². The monoisotopic (exact) mass is 232 g/mol. The minimum atomic E-state index is -1.38. The molecule has 1 atom stereocenters. The van der Waals surface area contributed by atoms with Crippen molar-refractivity contribution in [3.63, 3.8) is 0 Å². The molecule has 0 saturated heterocycles. The van der Waals surface area contributed by atoms with Gasteiger partial charge in [0, 0.05) is 19.7 Å². The Morgan fingerprint density at radius 2 is 1.94 bits per heavy atom. The highest BCUT2D eigenvalue weighted by atomic mass is 19.2. The number of rotatable bonds is 4. The summed E-state index contributed by atoms with van der Waals surface area (Å²) in [5, 5.41) is 0. The lowest BCUT2D eigenvalue weighted by atomic mass is 10.0. The summed E-state index contributed by atoms with van der Waals surface area (Å²) >= 11 is 0. The molecule has 0 spiro atoms. The lowest BCUT2D eigenvalue weighted by Crippen LogP contribution is -2.16. The van der Waals surface area contributed by atoms with Crippen LogP contribution in [0.15, 0.2) is 12.1 Å². The summed E-state index contributed by atoms with van der Waals surface area (Å²) in [6.45, 7) is 0.160. The molecule has 1 unspecified atom stereocenters. The van der Waals surface area contributed by atoms with Crippen molar-refractivity contribution < 1.29 is 13.2 Å². The minimum Gasteiger partial charge on any atom is -0.375 e. The fraction of sp³-hybridized carbons (Fsp3) is 0.455. The van der Waals surface area contributed by atoms with E-state index in [0.29, 0.717) is 0 Å². The topological polar surface area (TPSA) is 29.3 Å². The highest BCUT2D eigenvalue weighted by Gasteiger charge is 2.20. The zero-order chi connectivity index (χ0) is 12.3. The van der Waals surface area contributed by atoms with Gasteiger partial charge in [0.1, 0.15) is 6.17 Å². The molecule has 2 N–H and O–H groups in total. The molecule has 0 radical (unpaired) electrons. The van der Waals surface area contributed by atoms with Gasteiger partial charge in [-0.2, -0.15) is 0 Å². The zero-order valence-electron chi connectivity index (χ0n) is 9.30. The van der Waals surface area contributed by atoms with Crippen LogP contribution >= 0.6 is 0 Å². The molecule has 1 aromatic carbocycles. The van der Waals surface area contributed by atoms with Gasteiger partial charge in [-0.15, -0.1) is 0 Å². The Kier molecular flexibility index (Phi) is 4.18. The van der Waals surface area contributed by atoms with E-state index in [1.165, 1.54) is 25.1 Å². The van der Waals surface area contributed by atoms with Crippen molar-refractivity contribution in [3.8, 4) is 0 Å². The largest absolute Gasteiger partial charge is 0.375 e. The van der Waals surface area contributed by atoms with Gasteiger partial charge >= 0.3 is 0 Å². The van der Waals surface area contributed by atoms with Gasteiger partial charge < -0.3 is 10.6 Å². The molecule has 16 heavy (non-hydrogen) atoms. The maximum atomic E-state index is 13.7. The van der Waals surface area contributed by atoms with Crippen LogP contribution < -0.4 is 10.6 Å². The van der Waals surface area contributed by atoms with Crippen molar-refractivity contribution >= 4 is 5.69 Å². The van der Waals surface area contributed by atoms with E-state index in [9.17, 15) is 13.2 Å². The minimum absolute atomic E-state index is 0.0547. The normalized spacial score (nSPS) is 12.6. The molecule has 1 aromatic rings. The Bertz CT molecular complexity index is 366. The Morgan fingerprint density at radius 1 is 1.31 bits per heavy atom. The van der Waals surface area contributed by atoms with Crippen LogP contribution in [0.3, 0.4) is 0 Å². The van der Waals surface area contributed by atoms with Crippen molar-refractivity contribution in [2.75, 3.05) is 25.5 Å². The molecule has 0 aromatic heterocycles. The Morgan fingerprint density at radius 3 is 2.44 bits per heavy atom. The summed E-state index contributed by atoms with van der Waals surface area (Å²) in [5.41, 5.74) is 5.32. The number of benzene rings is 1. The van der Waals surface area contributed by atoms with Crippen LogP contribution in [0, 0.1) is 11.6 Å². The molecule has 90 valence electrons. The molecule has 0 fully saturated rings. The highest BCUT2D eigenvalue weighted by Crippen LogP contribution is 2.33. The van der Waals surface area contributed by atoms with E-state index in [1.54, 1.807) is 0 Å². The van der Waals surface area contributed by atoms with Crippen molar-refractivity contribution in [2.45, 2.75) is 12.6 Å². The van der Waals surface area contributed by atoms with E-state index < -0.39 is 17.8 Å². The Balaban J connectivity index is 3.23. The van der Waals surface area contributed by atoms with Crippen molar-refractivity contribution in [3.05, 3.63) is 29.3 Å². The highest BCUT2D eigenvalue weighted by molar-refractivity contribution is 5.55. The van der Waals surface area contributed by atoms with Crippen molar-refractivity contribution in [1.82, 2.24) is 0 Å². The number of hydrogen-bond donors (Lipinski definition) is 1. The molecule has 0 amide bonds. The number of halogens is 3. The fourth-order valence-corrected chi connectivity index (χ4v) is 1.56. The van der Waals surface area contributed by atoms with Crippen LogP contribution in [0.5, 0.6) is 0 Å². The maximum Gasteiger partial charge on any atom is 0.182 e. The molecule has 2 nitrogen and oxygen atoms in total. The summed E-state index contributed by atoms with van der Waals surface area (Å²) in [4.78, 5) is 1.36. The van der Waals surface area contributed by atoms with E-state index in [-0.39, 0.29) is 24.2 Å². The summed E-state index contributed by atoms with van der Waals surface area (Å²) < 4.78 is 40.2. The standard InChI is InChI=1S/C11H15F3N2/c1-16(2)11-7(8(12)5-6-15)3-4-9(13)10(11)14/h3-4,8H,5-6,15H2,1-2H3. The molecule has 0 heterocycles. The van der Waals surface area contributed by atoms with E-state index in [1.807, 2.05) is 0 Å². The van der Waals surface area contributed by atoms with Gasteiger partial charge in [-0.1, -0.05) is 6.07 Å². The van der Waals surface area contributed by atoms with Crippen LogP contribution in [0.4, 0.5) is 18.9 Å². The quantitative estimate of drug-likeness (QED) is 0.863. The smallest absolute Gasteiger partial charge is 0.182 e. The second-order valence-corrected chi connectivity index (χ2v) is 3.74. The van der Waals surface area contributed by atoms with E-state index in [4.69, 9.17) is 5.73 Å². The molecule has 0 aliphatic rings. The number of hydrogen-bond acceptors (Lipinski definition) is 2. The third-order valence-corrected chi connectivity index (χ3v) is 2.31. The third-order valence-electron chi connectivity index (χ3n) is 2.31. The number of nitrogens with two attached hydrogens (primary N) is 1. The molecular formula is C11H15F3N2. The SMILES string of the molecule is CN(C)c1c(C(F)CCN)ccc(F)c1F. The molecule has 5 heteroatoms. The van der Waals surface area contributed by atoms with E-state index in [0.717, 1.165) is 6.07 Å². The summed E-state index contributed by atoms with van der Waals surface area (Å²) in [7, 11) is 3.08. The van der Waals surface area contributed by atoms with Gasteiger partial charge in [0.15, 0.2) is 11.6 Å². The summed E-state index contributed by atoms with van der Waals surface area (Å²) in [6.07, 6.45) is -1.29. The molecule has 0 aliphatic heterocycles. The lowest BCUT2D eigenvalue weighted by molar-refractivity contribution is 0.326. The predicted octanol–water partition coefficient (Wildman–Crippen LogP) is 2.39. The first-order valence-electron chi connectivity index (χ1n) is 4.98. The van der Waals surface area contributed by atoms with Gasteiger partial charge in [0.25, 0.3) is 0 Å². The first kappa shape index (κ1) is 12.8. The zero-order valence-corrected chi connectivity index (χ0v) is 9.30. The summed E-state index contributed by atoms with van der Waals surface area (Å²) in [6, 6.07) is 2.19. The molecule has 1 rings (SSSR count). The first-order chi connectivity index (χ1) is 7.49. The fourth-order valence-electron chi connectivity index (χ4n) is 1.56. The number of nitrogens with zero attached hydrogens (tertiary/aromatic N) is 1. The van der Waals surface area contributed by atoms with Crippen LogP contribution in [-0.2, 0) is 0 Å². The Hall–Kier alpha value is -1.23. The molecule has 0 aliphatic carbocycles. The van der Waals surface area contributed by atoms with Crippen LogP contribution in [0.25, 0.3) is 0 Å². The molecular weight excluding hydrogens is 217 g/mol. The lowest BCUT2D eigenvalue weighted by Gasteiger charge is -2.20. The number of anilines is 1. The van der Waals surface area contributed by atoms with Gasteiger partial charge in [-0.3, -0.25) is 0 Å². The van der Waals surface area contributed by atoms with Gasteiger partial charge in [-0.05, 0) is 19.0 Å². The maximum absolute atomic E-state index is 13.7. The average molecular weight is 232 g/mol.